The van der Waals surface area contributed by atoms with E-state index < -0.39 is 30.4 Å². The lowest BCUT2D eigenvalue weighted by molar-refractivity contribution is -0.151. The second-order valence-corrected chi connectivity index (χ2v) is 6.59. The van der Waals surface area contributed by atoms with E-state index in [9.17, 15) is 14.4 Å². The van der Waals surface area contributed by atoms with Gasteiger partial charge in [0.15, 0.2) is 18.1 Å². The third-order valence-corrected chi connectivity index (χ3v) is 4.64. The first-order valence-corrected chi connectivity index (χ1v) is 9.10. The number of likely N-dealkylation sites (tertiary alicyclic amines) is 1. The Hall–Kier alpha value is -2.74. The average molecular weight is 411 g/mol. The van der Waals surface area contributed by atoms with Crippen molar-refractivity contribution >= 4 is 35.5 Å². The fraction of sp³-hybridized carbons (Fsp3) is 0.421. The molecular formula is C19H23ClN2O6. The summed E-state index contributed by atoms with van der Waals surface area (Å²) in [6.45, 7) is -0.0381. The molecule has 8 nitrogen and oxygen atoms in total. The van der Waals surface area contributed by atoms with E-state index in [0.29, 0.717) is 35.1 Å². The Morgan fingerprint density at radius 1 is 1.25 bits per heavy atom. The maximum absolute atomic E-state index is 12.3. The largest absolute Gasteiger partial charge is 0.493 e. The van der Waals surface area contributed by atoms with E-state index in [1.165, 1.54) is 31.3 Å². The summed E-state index contributed by atoms with van der Waals surface area (Å²) in [5.41, 5.74) is 5.93. The Morgan fingerprint density at radius 2 is 2.00 bits per heavy atom. The zero-order chi connectivity index (χ0) is 20.7. The van der Waals surface area contributed by atoms with Crippen LogP contribution in [0.15, 0.2) is 18.2 Å². The number of carbonyl (C=O) groups is 3. The molecular weight excluding hydrogens is 388 g/mol. The Bertz CT molecular complexity index is 780. The van der Waals surface area contributed by atoms with Crippen LogP contribution in [0, 0.1) is 0 Å². The number of ether oxygens (including phenoxy) is 3. The van der Waals surface area contributed by atoms with E-state index in [2.05, 4.69) is 0 Å². The number of amides is 2. The minimum atomic E-state index is -0.702. The maximum Gasteiger partial charge on any atom is 0.331 e. The Balaban J connectivity index is 1.96. The number of methoxy groups -OCH3 is 2. The van der Waals surface area contributed by atoms with Crippen molar-refractivity contribution in [2.45, 2.75) is 25.3 Å². The molecule has 0 radical (unpaired) electrons. The molecule has 28 heavy (non-hydrogen) atoms. The number of benzene rings is 1. The normalized spacial score (nSPS) is 16.7. The summed E-state index contributed by atoms with van der Waals surface area (Å²) in [6, 6.07) is 2.60. The quantitative estimate of drug-likeness (QED) is 0.542. The lowest BCUT2D eigenvalue weighted by Crippen LogP contribution is -2.51. The summed E-state index contributed by atoms with van der Waals surface area (Å²) in [5.74, 6) is -0.892. The first-order valence-electron chi connectivity index (χ1n) is 8.72. The van der Waals surface area contributed by atoms with Gasteiger partial charge in [0.1, 0.15) is 6.04 Å². The summed E-state index contributed by atoms with van der Waals surface area (Å²) in [7, 11) is 2.94. The molecule has 2 amide bonds. The zero-order valence-corrected chi connectivity index (χ0v) is 16.5. The molecule has 152 valence electrons. The van der Waals surface area contributed by atoms with Gasteiger partial charge in [-0.3, -0.25) is 9.59 Å². The van der Waals surface area contributed by atoms with E-state index in [0.717, 1.165) is 12.8 Å². The Kier molecular flexibility index (Phi) is 7.69. The van der Waals surface area contributed by atoms with Gasteiger partial charge in [-0.25, -0.2) is 4.79 Å². The smallest absolute Gasteiger partial charge is 0.331 e. The summed E-state index contributed by atoms with van der Waals surface area (Å²) < 4.78 is 15.3. The van der Waals surface area contributed by atoms with Crippen molar-refractivity contribution in [1.29, 1.82) is 0 Å². The fourth-order valence-electron chi connectivity index (χ4n) is 2.99. The van der Waals surface area contributed by atoms with Crippen molar-refractivity contribution in [3.8, 4) is 11.5 Å². The van der Waals surface area contributed by atoms with Crippen molar-refractivity contribution in [2.24, 2.45) is 5.73 Å². The number of nitrogens with two attached hydrogens (primary N) is 1. The van der Waals surface area contributed by atoms with Gasteiger partial charge in [-0.05, 0) is 43.0 Å². The summed E-state index contributed by atoms with van der Waals surface area (Å²) >= 11 is 6.11. The van der Waals surface area contributed by atoms with E-state index in [1.54, 1.807) is 12.1 Å². The standard InChI is InChI=1S/C19H23ClN2O6/c1-26-15-10-12(9-13(20)18(15)27-2)6-7-17(24)28-11-16(23)22-8-4-3-5-14(22)19(21)25/h6-7,9-10,14H,3-5,8,11H2,1-2H3,(H2,21,25)/b7-6+/t14-/m0/s1. The second kappa shape index (κ2) is 9.98. The van der Waals surface area contributed by atoms with Gasteiger partial charge in [0.05, 0.1) is 19.2 Å². The van der Waals surface area contributed by atoms with Crippen molar-refractivity contribution in [2.75, 3.05) is 27.4 Å². The predicted octanol–water partition coefficient (Wildman–Crippen LogP) is 1.78. The highest BCUT2D eigenvalue weighted by atomic mass is 35.5. The number of esters is 1. The summed E-state index contributed by atoms with van der Waals surface area (Å²) in [4.78, 5) is 37.0. The minimum Gasteiger partial charge on any atom is -0.493 e. The number of piperidine rings is 1. The van der Waals surface area contributed by atoms with Crippen molar-refractivity contribution in [3.63, 3.8) is 0 Å². The number of nitrogens with zero attached hydrogens (tertiary/aromatic N) is 1. The van der Waals surface area contributed by atoms with Crippen LogP contribution >= 0.6 is 11.6 Å². The Morgan fingerprint density at radius 3 is 2.64 bits per heavy atom. The molecule has 0 saturated carbocycles. The molecule has 2 N–H and O–H groups in total. The van der Waals surface area contributed by atoms with Crippen LogP contribution in [0.4, 0.5) is 0 Å². The van der Waals surface area contributed by atoms with E-state index in [1.807, 2.05) is 0 Å². The highest BCUT2D eigenvalue weighted by Gasteiger charge is 2.30. The van der Waals surface area contributed by atoms with Crippen molar-refractivity contribution in [1.82, 2.24) is 4.90 Å². The summed E-state index contributed by atoms with van der Waals surface area (Å²) in [5, 5.41) is 0.327. The third kappa shape index (κ3) is 5.39. The molecule has 1 fully saturated rings. The molecule has 1 heterocycles. The van der Waals surface area contributed by atoms with Crippen LogP contribution in [0.1, 0.15) is 24.8 Å². The van der Waals surface area contributed by atoms with Crippen molar-refractivity contribution < 1.29 is 28.6 Å². The first kappa shape index (κ1) is 21.6. The van der Waals surface area contributed by atoms with Crippen LogP contribution in [0.3, 0.4) is 0 Å². The molecule has 1 saturated heterocycles. The highest BCUT2D eigenvalue weighted by Crippen LogP contribution is 2.36. The molecule has 0 bridgehead atoms. The number of hydrogen-bond acceptors (Lipinski definition) is 6. The lowest BCUT2D eigenvalue weighted by atomic mass is 10.0. The minimum absolute atomic E-state index is 0.327. The molecule has 0 spiro atoms. The van der Waals surface area contributed by atoms with Gasteiger partial charge >= 0.3 is 5.97 Å². The topological polar surface area (TPSA) is 108 Å². The third-order valence-electron chi connectivity index (χ3n) is 4.36. The van der Waals surface area contributed by atoms with Gasteiger partial charge in [-0.2, -0.15) is 0 Å². The molecule has 1 aliphatic heterocycles. The number of halogens is 1. The predicted molar refractivity (Wildman–Crippen MR) is 103 cm³/mol. The van der Waals surface area contributed by atoms with Gasteiger partial charge < -0.3 is 24.8 Å². The van der Waals surface area contributed by atoms with Gasteiger partial charge in [-0.1, -0.05) is 11.6 Å². The van der Waals surface area contributed by atoms with E-state index >= 15 is 0 Å². The molecule has 2 rings (SSSR count). The van der Waals surface area contributed by atoms with Crippen LogP contribution in [-0.2, 0) is 19.1 Å². The van der Waals surface area contributed by atoms with Crippen molar-refractivity contribution in [3.05, 3.63) is 28.8 Å². The molecule has 1 aliphatic rings. The fourth-order valence-corrected chi connectivity index (χ4v) is 3.28. The highest BCUT2D eigenvalue weighted by molar-refractivity contribution is 6.32. The molecule has 1 aromatic rings. The maximum atomic E-state index is 12.3. The van der Waals surface area contributed by atoms with Gasteiger partial charge in [-0.15, -0.1) is 0 Å². The van der Waals surface area contributed by atoms with Gasteiger partial charge in [0.25, 0.3) is 5.91 Å². The first-order chi connectivity index (χ1) is 13.4. The van der Waals surface area contributed by atoms with Crippen LogP contribution in [0.5, 0.6) is 11.5 Å². The second-order valence-electron chi connectivity index (χ2n) is 6.18. The Labute approximate surface area is 168 Å². The molecule has 9 heteroatoms. The monoisotopic (exact) mass is 410 g/mol. The zero-order valence-electron chi connectivity index (χ0n) is 15.8. The number of carbonyl (C=O) groups excluding carboxylic acids is 3. The molecule has 1 atom stereocenters. The molecule has 0 unspecified atom stereocenters. The molecule has 1 aromatic carbocycles. The van der Waals surface area contributed by atoms with Crippen LogP contribution in [0.2, 0.25) is 5.02 Å². The average Bonchev–Trinajstić information content (AvgIpc) is 2.69. The number of rotatable bonds is 7. The van der Waals surface area contributed by atoms with E-state index in [4.69, 9.17) is 31.5 Å². The van der Waals surface area contributed by atoms with E-state index in [-0.39, 0.29) is 0 Å². The molecule has 0 aromatic heterocycles. The lowest BCUT2D eigenvalue weighted by Gasteiger charge is -2.33. The SMILES string of the molecule is COc1cc(/C=C/C(=O)OCC(=O)N2CCCC[C@H]2C(N)=O)cc(Cl)c1OC. The number of primary amides is 1. The van der Waals surface area contributed by atoms with Crippen LogP contribution in [0.25, 0.3) is 6.08 Å². The van der Waals surface area contributed by atoms with Gasteiger partial charge in [0.2, 0.25) is 5.91 Å². The molecule has 0 aliphatic carbocycles. The number of hydrogen-bond donors (Lipinski definition) is 1. The van der Waals surface area contributed by atoms with Gasteiger partial charge in [0, 0.05) is 12.6 Å². The van der Waals surface area contributed by atoms with Crippen LogP contribution in [-0.4, -0.2) is 56.1 Å². The summed E-state index contributed by atoms with van der Waals surface area (Å²) in [6.07, 6.45) is 4.78. The van der Waals surface area contributed by atoms with Crippen LogP contribution < -0.4 is 15.2 Å².